The first-order valence-corrected chi connectivity index (χ1v) is 9.39. The molecule has 6 heteroatoms. The van der Waals surface area contributed by atoms with Gasteiger partial charge in [0.15, 0.2) is 5.16 Å². The van der Waals surface area contributed by atoms with Gasteiger partial charge < -0.3 is 9.88 Å². The molecule has 2 aliphatic carbocycles. The van der Waals surface area contributed by atoms with Gasteiger partial charge in [-0.1, -0.05) is 37.4 Å². The van der Waals surface area contributed by atoms with Crippen LogP contribution in [-0.4, -0.2) is 32.0 Å². The fraction of sp³-hybridized carbons (Fsp3) is 0.812. The molecule has 0 aromatic carbocycles. The van der Waals surface area contributed by atoms with E-state index in [9.17, 15) is 4.79 Å². The Hall–Kier alpha value is -1.04. The number of nitrogens with zero attached hydrogens (tertiary/aromatic N) is 3. The highest BCUT2D eigenvalue weighted by Gasteiger charge is 2.30. The van der Waals surface area contributed by atoms with Crippen LogP contribution in [0.25, 0.3) is 0 Å². The summed E-state index contributed by atoms with van der Waals surface area (Å²) >= 11 is 1.52. The molecule has 1 amide bonds. The van der Waals surface area contributed by atoms with Crippen molar-refractivity contribution in [2.24, 2.45) is 7.05 Å². The van der Waals surface area contributed by atoms with E-state index in [0.29, 0.717) is 12.0 Å². The monoisotopic (exact) mass is 322 g/mol. The molecule has 0 radical (unpaired) electrons. The molecule has 1 aromatic rings. The molecule has 1 N–H and O–H groups in total. The Bertz CT molecular complexity index is 518. The summed E-state index contributed by atoms with van der Waals surface area (Å²) in [5.41, 5.74) is 0. The number of hydrogen-bond acceptors (Lipinski definition) is 4. The van der Waals surface area contributed by atoms with Crippen molar-refractivity contribution in [3.05, 3.63) is 5.82 Å². The molecular formula is C16H26N4OS. The summed E-state index contributed by atoms with van der Waals surface area (Å²) in [5.74, 6) is 1.79. The van der Waals surface area contributed by atoms with Crippen molar-refractivity contribution in [3.8, 4) is 0 Å². The van der Waals surface area contributed by atoms with Gasteiger partial charge in [0.25, 0.3) is 0 Å². The van der Waals surface area contributed by atoms with Gasteiger partial charge in [0, 0.05) is 19.0 Å². The quantitative estimate of drug-likeness (QED) is 0.669. The minimum Gasteiger partial charge on any atom is -0.352 e. The molecule has 2 aliphatic rings. The number of nitrogens with one attached hydrogen (secondary N) is 1. The zero-order valence-electron chi connectivity index (χ0n) is 13.5. The van der Waals surface area contributed by atoms with E-state index in [4.69, 9.17) is 0 Å². The second-order valence-electron chi connectivity index (χ2n) is 6.63. The standard InChI is InChI=1S/C16H26N4OS/c1-11(15(21)17-13-7-5-3-4-6-8-13)22-16-19-18-14(20(16)2)12-9-10-12/h11-13H,3-10H2,1-2H3,(H,17,21)/t11-/m1/s1. The van der Waals surface area contributed by atoms with Crippen LogP contribution in [0.4, 0.5) is 0 Å². The van der Waals surface area contributed by atoms with Crippen LogP contribution >= 0.6 is 11.8 Å². The number of thioether (sulfide) groups is 1. The predicted octanol–water partition coefficient (Wildman–Crippen LogP) is 3.01. The fourth-order valence-electron chi connectivity index (χ4n) is 3.08. The summed E-state index contributed by atoms with van der Waals surface area (Å²) in [6.45, 7) is 1.96. The van der Waals surface area contributed by atoms with Crippen molar-refractivity contribution < 1.29 is 4.79 Å². The Balaban J connectivity index is 1.54. The third-order valence-electron chi connectivity index (χ3n) is 4.66. The number of carbonyl (C=O) groups excluding carboxylic acids is 1. The summed E-state index contributed by atoms with van der Waals surface area (Å²) in [4.78, 5) is 12.4. The van der Waals surface area contributed by atoms with E-state index in [2.05, 4.69) is 20.1 Å². The van der Waals surface area contributed by atoms with Crippen LogP contribution in [-0.2, 0) is 11.8 Å². The van der Waals surface area contributed by atoms with Crippen LogP contribution in [0.2, 0.25) is 0 Å². The maximum absolute atomic E-state index is 12.4. The molecule has 1 atom stereocenters. The molecule has 2 saturated carbocycles. The van der Waals surface area contributed by atoms with Gasteiger partial charge in [-0.05, 0) is 32.6 Å². The van der Waals surface area contributed by atoms with E-state index in [1.807, 2.05) is 14.0 Å². The van der Waals surface area contributed by atoms with E-state index in [0.717, 1.165) is 23.8 Å². The Labute approximate surface area is 136 Å². The SMILES string of the molecule is C[C@@H](Sc1nnc(C2CC2)n1C)C(=O)NC1CCCCCC1. The summed E-state index contributed by atoms with van der Waals surface area (Å²) in [6, 6.07) is 0.361. The van der Waals surface area contributed by atoms with Crippen molar-refractivity contribution in [3.63, 3.8) is 0 Å². The van der Waals surface area contributed by atoms with Gasteiger partial charge in [-0.3, -0.25) is 4.79 Å². The first-order chi connectivity index (χ1) is 10.6. The van der Waals surface area contributed by atoms with Crippen LogP contribution in [0, 0.1) is 0 Å². The molecule has 0 spiro atoms. The molecule has 2 fully saturated rings. The Morgan fingerprint density at radius 2 is 1.86 bits per heavy atom. The third kappa shape index (κ3) is 3.83. The Morgan fingerprint density at radius 3 is 2.50 bits per heavy atom. The van der Waals surface area contributed by atoms with Gasteiger partial charge in [-0.25, -0.2) is 0 Å². The zero-order chi connectivity index (χ0) is 15.5. The second kappa shape index (κ2) is 7.02. The van der Waals surface area contributed by atoms with Crippen molar-refractivity contribution in [1.29, 1.82) is 0 Å². The lowest BCUT2D eigenvalue weighted by molar-refractivity contribution is -0.121. The topological polar surface area (TPSA) is 59.8 Å². The number of hydrogen-bond donors (Lipinski definition) is 1. The smallest absolute Gasteiger partial charge is 0.233 e. The van der Waals surface area contributed by atoms with Crippen LogP contribution in [0.15, 0.2) is 5.16 Å². The first-order valence-electron chi connectivity index (χ1n) is 8.51. The normalized spacial score (nSPS) is 21.4. The van der Waals surface area contributed by atoms with Gasteiger partial charge in [-0.15, -0.1) is 10.2 Å². The molecule has 1 aromatic heterocycles. The maximum atomic E-state index is 12.4. The second-order valence-corrected chi connectivity index (χ2v) is 7.94. The zero-order valence-corrected chi connectivity index (χ0v) is 14.4. The molecule has 3 rings (SSSR count). The fourth-order valence-corrected chi connectivity index (χ4v) is 3.91. The number of aromatic nitrogens is 3. The highest BCUT2D eigenvalue weighted by atomic mass is 32.2. The maximum Gasteiger partial charge on any atom is 0.233 e. The number of rotatable bonds is 5. The van der Waals surface area contributed by atoms with Crippen molar-refractivity contribution in [1.82, 2.24) is 20.1 Å². The highest BCUT2D eigenvalue weighted by Crippen LogP contribution is 2.39. The number of carbonyl (C=O) groups is 1. The molecule has 0 saturated heterocycles. The highest BCUT2D eigenvalue weighted by molar-refractivity contribution is 8.00. The average Bonchev–Trinajstić information content (AvgIpc) is 3.30. The lowest BCUT2D eigenvalue weighted by Gasteiger charge is -2.19. The van der Waals surface area contributed by atoms with E-state index in [-0.39, 0.29) is 11.2 Å². The lowest BCUT2D eigenvalue weighted by Crippen LogP contribution is -2.39. The van der Waals surface area contributed by atoms with E-state index < -0.39 is 0 Å². The molecule has 5 nitrogen and oxygen atoms in total. The van der Waals surface area contributed by atoms with Crippen molar-refractivity contribution >= 4 is 17.7 Å². The van der Waals surface area contributed by atoms with E-state index >= 15 is 0 Å². The molecule has 0 aliphatic heterocycles. The minimum absolute atomic E-state index is 0.127. The van der Waals surface area contributed by atoms with Crippen molar-refractivity contribution in [2.45, 2.75) is 80.7 Å². The van der Waals surface area contributed by atoms with Crippen molar-refractivity contribution in [2.75, 3.05) is 0 Å². The summed E-state index contributed by atoms with van der Waals surface area (Å²) < 4.78 is 2.05. The summed E-state index contributed by atoms with van der Waals surface area (Å²) in [6.07, 6.45) is 9.76. The molecule has 0 unspecified atom stereocenters. The summed E-state index contributed by atoms with van der Waals surface area (Å²) in [7, 11) is 2.01. The van der Waals surface area contributed by atoms with Gasteiger partial charge in [0.05, 0.1) is 5.25 Å². The largest absolute Gasteiger partial charge is 0.352 e. The Kier molecular flexibility index (Phi) is 5.06. The van der Waals surface area contributed by atoms with Gasteiger partial charge in [0.1, 0.15) is 5.82 Å². The first kappa shape index (κ1) is 15.8. The molecule has 1 heterocycles. The average molecular weight is 322 g/mol. The summed E-state index contributed by atoms with van der Waals surface area (Å²) in [5, 5.41) is 12.5. The minimum atomic E-state index is -0.127. The van der Waals surface area contributed by atoms with E-state index in [1.54, 1.807) is 0 Å². The molecular weight excluding hydrogens is 296 g/mol. The molecule has 122 valence electrons. The van der Waals surface area contributed by atoms with Crippen LogP contribution < -0.4 is 5.32 Å². The predicted molar refractivity (Wildman–Crippen MR) is 87.9 cm³/mol. The van der Waals surface area contributed by atoms with Gasteiger partial charge >= 0.3 is 0 Å². The van der Waals surface area contributed by atoms with Crippen LogP contribution in [0.1, 0.15) is 70.0 Å². The van der Waals surface area contributed by atoms with E-state index in [1.165, 1.54) is 50.3 Å². The number of amides is 1. The van der Waals surface area contributed by atoms with Crippen LogP contribution in [0.5, 0.6) is 0 Å². The third-order valence-corrected chi connectivity index (χ3v) is 5.80. The van der Waals surface area contributed by atoms with Gasteiger partial charge in [-0.2, -0.15) is 0 Å². The lowest BCUT2D eigenvalue weighted by atomic mass is 10.1. The molecule has 0 bridgehead atoms. The van der Waals surface area contributed by atoms with Crippen LogP contribution in [0.3, 0.4) is 0 Å². The Morgan fingerprint density at radius 1 is 1.18 bits per heavy atom. The van der Waals surface area contributed by atoms with Gasteiger partial charge in [0.2, 0.25) is 5.91 Å². The molecule has 22 heavy (non-hydrogen) atoms.